The van der Waals surface area contributed by atoms with E-state index in [0.29, 0.717) is 5.82 Å². The summed E-state index contributed by atoms with van der Waals surface area (Å²) in [7, 11) is 1.73. The van der Waals surface area contributed by atoms with Gasteiger partial charge < -0.3 is 15.5 Å². The van der Waals surface area contributed by atoms with Gasteiger partial charge in [0, 0.05) is 49.6 Å². The molecule has 3 heterocycles. The lowest BCUT2D eigenvalue weighted by molar-refractivity contribution is 0.0480. The van der Waals surface area contributed by atoms with Crippen molar-refractivity contribution in [2.75, 3.05) is 7.11 Å². The lowest BCUT2D eigenvalue weighted by Crippen LogP contribution is -2.41. The summed E-state index contributed by atoms with van der Waals surface area (Å²) in [6, 6.07) is 0.0191. The van der Waals surface area contributed by atoms with Crippen LogP contribution in [0.3, 0.4) is 0 Å². The number of ether oxygens (including phenoxy) is 1. The van der Waals surface area contributed by atoms with Crippen LogP contribution in [-0.4, -0.2) is 54.2 Å². The Hall–Kier alpha value is -1.94. The number of aryl methyl sites for hydroxylation is 3. The minimum Gasteiger partial charge on any atom is -0.380 e. The number of rotatable bonds is 6. The first kappa shape index (κ1) is 23.3. The van der Waals surface area contributed by atoms with Gasteiger partial charge in [0.25, 0.3) is 0 Å². The van der Waals surface area contributed by atoms with Gasteiger partial charge in [-0.25, -0.2) is 14.6 Å². The van der Waals surface area contributed by atoms with Gasteiger partial charge in [0.2, 0.25) is 0 Å². The van der Waals surface area contributed by atoms with E-state index in [9.17, 15) is 0 Å². The Morgan fingerprint density at radius 2 is 2.10 bits per heavy atom. The summed E-state index contributed by atoms with van der Waals surface area (Å²) in [5.41, 5.74) is 9.32. The van der Waals surface area contributed by atoms with Crippen LogP contribution in [0, 0.1) is 6.92 Å². The third kappa shape index (κ3) is 4.98. The Morgan fingerprint density at radius 1 is 1.28 bits per heavy atom. The summed E-state index contributed by atoms with van der Waals surface area (Å²) < 4.78 is 7.52. The molecule has 11 heteroatoms. The molecule has 0 amide bonds. The molecule has 0 spiro atoms. The molecule has 0 unspecified atom stereocenters. The molecular weight excluding hydrogens is 415 g/mol. The fourth-order valence-corrected chi connectivity index (χ4v) is 3.86. The van der Waals surface area contributed by atoms with Crippen LogP contribution in [-0.2, 0) is 17.7 Å². The highest BCUT2D eigenvalue weighted by atomic mass is 35.5. The van der Waals surface area contributed by atoms with Gasteiger partial charge in [0.05, 0.1) is 24.2 Å². The van der Waals surface area contributed by atoms with Crippen molar-refractivity contribution in [3.8, 4) is 11.4 Å². The molecule has 1 aliphatic rings. The highest BCUT2D eigenvalue weighted by molar-refractivity contribution is 5.85. The number of methoxy groups -OCH3 is 1. The zero-order valence-corrected chi connectivity index (χ0v) is 18.2. The maximum Gasteiger partial charge on any atom is 0.184 e. The minimum atomic E-state index is 0. The molecule has 0 aliphatic heterocycles. The molecule has 9 nitrogen and oxygen atoms in total. The third-order valence-electron chi connectivity index (χ3n) is 5.42. The second kappa shape index (κ2) is 10.2. The molecule has 1 saturated carbocycles. The van der Waals surface area contributed by atoms with Gasteiger partial charge >= 0.3 is 0 Å². The van der Waals surface area contributed by atoms with E-state index in [2.05, 4.69) is 20.2 Å². The van der Waals surface area contributed by atoms with E-state index in [1.165, 1.54) is 0 Å². The summed E-state index contributed by atoms with van der Waals surface area (Å²) in [4.78, 5) is 12.1. The van der Waals surface area contributed by atoms with E-state index < -0.39 is 0 Å². The number of H-pyrrole nitrogens is 2. The average Bonchev–Trinajstić information content (AvgIpc) is 3.40. The van der Waals surface area contributed by atoms with Gasteiger partial charge in [0.15, 0.2) is 5.82 Å². The highest BCUT2D eigenvalue weighted by Crippen LogP contribution is 2.33. The molecule has 4 N–H and O–H groups in total. The van der Waals surface area contributed by atoms with E-state index in [-0.39, 0.29) is 42.9 Å². The first-order valence-electron chi connectivity index (χ1n) is 9.36. The molecular formula is C18H28Cl2N8O. The van der Waals surface area contributed by atoms with Crippen molar-refractivity contribution in [3.63, 3.8) is 0 Å². The van der Waals surface area contributed by atoms with Gasteiger partial charge in [0.1, 0.15) is 5.82 Å². The zero-order valence-electron chi connectivity index (χ0n) is 16.5. The Bertz CT molecular complexity index is 878. The molecule has 160 valence electrons. The zero-order chi connectivity index (χ0) is 18.8. The van der Waals surface area contributed by atoms with E-state index in [1.807, 2.05) is 17.8 Å². The number of nitrogens with one attached hydrogen (secondary N) is 2. The average molecular weight is 443 g/mol. The van der Waals surface area contributed by atoms with Crippen LogP contribution in [0.15, 0.2) is 18.7 Å². The van der Waals surface area contributed by atoms with E-state index >= 15 is 0 Å². The van der Waals surface area contributed by atoms with Gasteiger partial charge in [-0.3, -0.25) is 5.10 Å². The van der Waals surface area contributed by atoms with Crippen LogP contribution in [0.1, 0.15) is 42.4 Å². The molecule has 1 fully saturated rings. The first-order valence-corrected chi connectivity index (χ1v) is 9.36. The number of halogens is 2. The molecule has 0 aromatic carbocycles. The fourth-order valence-electron chi connectivity index (χ4n) is 3.86. The van der Waals surface area contributed by atoms with E-state index in [0.717, 1.165) is 55.0 Å². The summed E-state index contributed by atoms with van der Waals surface area (Å²) >= 11 is 0. The van der Waals surface area contributed by atoms with Gasteiger partial charge in [-0.15, -0.1) is 24.8 Å². The number of hydrogen-bond acceptors (Lipinski definition) is 6. The largest absolute Gasteiger partial charge is 0.380 e. The van der Waals surface area contributed by atoms with Crippen molar-refractivity contribution in [2.45, 2.75) is 57.2 Å². The number of nitrogens with zero attached hydrogens (tertiary/aromatic N) is 5. The number of imidazole rings is 1. The molecule has 3 aromatic rings. The quantitative estimate of drug-likeness (QED) is 0.538. The number of aromatic amines is 2. The second-order valence-corrected chi connectivity index (χ2v) is 7.20. The Morgan fingerprint density at radius 3 is 2.72 bits per heavy atom. The summed E-state index contributed by atoms with van der Waals surface area (Å²) in [5.74, 6) is 1.99. The third-order valence-corrected chi connectivity index (χ3v) is 5.42. The van der Waals surface area contributed by atoms with Gasteiger partial charge in [-0.1, -0.05) is 0 Å². The molecule has 1 aliphatic carbocycles. The number of nitrogens with two attached hydrogens (primary N) is 1. The van der Waals surface area contributed by atoms with Crippen molar-refractivity contribution in [1.82, 2.24) is 34.9 Å². The summed E-state index contributed by atoms with van der Waals surface area (Å²) in [6.07, 6.45) is 9.05. The lowest BCUT2D eigenvalue weighted by atomic mass is 9.83. The van der Waals surface area contributed by atoms with Gasteiger partial charge in [-0.05, 0) is 26.2 Å². The molecule has 0 saturated heterocycles. The molecule has 29 heavy (non-hydrogen) atoms. The highest BCUT2D eigenvalue weighted by Gasteiger charge is 2.32. The maximum absolute atomic E-state index is 6.33. The molecule has 4 rings (SSSR count). The fraction of sp³-hybridized carbons (Fsp3) is 0.556. The second-order valence-electron chi connectivity index (χ2n) is 7.20. The van der Waals surface area contributed by atoms with Crippen LogP contribution >= 0.6 is 24.8 Å². The Kier molecular flexibility index (Phi) is 8.21. The first-order chi connectivity index (χ1) is 13.2. The Labute approximate surface area is 182 Å². The Balaban J connectivity index is 0.00000150. The molecule has 3 aromatic heterocycles. The van der Waals surface area contributed by atoms with Crippen LogP contribution < -0.4 is 5.73 Å². The van der Waals surface area contributed by atoms with Crippen LogP contribution in [0.25, 0.3) is 11.4 Å². The van der Waals surface area contributed by atoms with Crippen LogP contribution in [0.2, 0.25) is 0 Å². The maximum atomic E-state index is 6.33. The van der Waals surface area contributed by atoms with E-state index in [4.69, 9.17) is 20.6 Å². The molecule has 0 radical (unpaired) electrons. The van der Waals surface area contributed by atoms with Gasteiger partial charge in [-0.2, -0.15) is 10.2 Å². The minimum absolute atomic E-state index is 0. The van der Waals surface area contributed by atoms with Crippen molar-refractivity contribution in [3.05, 3.63) is 35.9 Å². The van der Waals surface area contributed by atoms with E-state index in [1.54, 1.807) is 19.6 Å². The van der Waals surface area contributed by atoms with Crippen LogP contribution in [0.5, 0.6) is 0 Å². The van der Waals surface area contributed by atoms with Crippen molar-refractivity contribution >= 4 is 24.8 Å². The predicted octanol–water partition coefficient (Wildman–Crippen LogP) is 2.40. The standard InChI is InChI=1S/C18H26N8O.2ClH/c1-11-14(9-22-24-11)17-23-18(12-3-4-16(27-2)15(19)7-12)26(25-17)6-5-13-8-20-10-21-13;;/h8-10,12,15-16H,3-7,19H2,1-2H3,(H,20,21)(H,22,24);2*1H/t12-,15+,16+;;/m0../s1. The molecule has 3 atom stereocenters. The van der Waals surface area contributed by atoms with Crippen LogP contribution in [0.4, 0.5) is 0 Å². The van der Waals surface area contributed by atoms with Crippen molar-refractivity contribution < 1.29 is 4.74 Å². The summed E-state index contributed by atoms with van der Waals surface area (Å²) in [6.45, 7) is 2.72. The van der Waals surface area contributed by atoms with Crippen molar-refractivity contribution in [1.29, 1.82) is 0 Å². The topological polar surface area (TPSA) is 123 Å². The normalized spacial score (nSPS) is 21.4. The predicted molar refractivity (Wildman–Crippen MR) is 114 cm³/mol. The number of hydrogen-bond donors (Lipinski definition) is 3. The number of aromatic nitrogens is 7. The SMILES string of the molecule is CO[C@@H]1CC[C@H](c2nc(-c3cn[nH]c3C)nn2CCc2cnc[nH]2)C[C@H]1N.Cl.Cl. The monoisotopic (exact) mass is 442 g/mol. The smallest absolute Gasteiger partial charge is 0.184 e. The summed E-state index contributed by atoms with van der Waals surface area (Å²) in [5, 5.41) is 11.9. The van der Waals surface area contributed by atoms with Crippen molar-refractivity contribution in [2.24, 2.45) is 5.73 Å². The lowest BCUT2D eigenvalue weighted by Gasteiger charge is -2.32. The molecule has 0 bridgehead atoms.